The second-order valence-electron chi connectivity index (χ2n) is 5.59. The number of carbonyl (C=O) groups is 2. The van der Waals surface area contributed by atoms with Crippen molar-refractivity contribution in [2.75, 3.05) is 11.4 Å². The van der Waals surface area contributed by atoms with Crippen LogP contribution in [-0.2, 0) is 4.79 Å². The van der Waals surface area contributed by atoms with Crippen molar-refractivity contribution in [1.29, 1.82) is 0 Å². The fourth-order valence-electron chi connectivity index (χ4n) is 2.33. The first-order valence-electron chi connectivity index (χ1n) is 7.05. The first-order chi connectivity index (χ1) is 10.3. The molecule has 7 heteroatoms. The van der Waals surface area contributed by atoms with Crippen LogP contribution < -0.4 is 21.1 Å². The molecule has 0 bridgehead atoms. The molecule has 1 aromatic carbocycles. The van der Waals surface area contributed by atoms with Crippen LogP contribution in [0.3, 0.4) is 0 Å². The third-order valence-corrected chi connectivity index (χ3v) is 3.30. The van der Waals surface area contributed by atoms with Crippen LogP contribution in [0, 0.1) is 0 Å². The van der Waals surface area contributed by atoms with E-state index in [0.717, 1.165) is 6.42 Å². The van der Waals surface area contributed by atoms with Crippen LogP contribution in [0.15, 0.2) is 23.2 Å². The Balaban J connectivity index is 2.49. The highest BCUT2D eigenvalue weighted by molar-refractivity contribution is 6.06. The van der Waals surface area contributed by atoms with Crippen molar-refractivity contribution in [2.24, 2.45) is 16.5 Å². The Morgan fingerprint density at radius 3 is 2.64 bits per heavy atom. The fourth-order valence-corrected chi connectivity index (χ4v) is 2.33. The van der Waals surface area contributed by atoms with Crippen LogP contribution in [0.1, 0.15) is 37.6 Å². The molecule has 0 saturated carbocycles. The zero-order valence-electron chi connectivity index (χ0n) is 12.9. The SMILES string of the molecule is CCCN1C(=O)C(C)(C)Oc2ccc(C(=O)N=C(N)N)cc21. The summed E-state index contributed by atoms with van der Waals surface area (Å²) in [6.07, 6.45) is 0.785. The molecular weight excluding hydrogens is 284 g/mol. The number of ether oxygens (including phenoxy) is 1. The number of nitrogens with zero attached hydrogens (tertiary/aromatic N) is 2. The molecule has 1 heterocycles. The molecule has 0 aromatic heterocycles. The van der Waals surface area contributed by atoms with Crippen molar-refractivity contribution in [2.45, 2.75) is 32.8 Å². The highest BCUT2D eigenvalue weighted by Crippen LogP contribution is 2.38. The van der Waals surface area contributed by atoms with Crippen molar-refractivity contribution in [1.82, 2.24) is 0 Å². The van der Waals surface area contributed by atoms with Gasteiger partial charge in [0.05, 0.1) is 5.69 Å². The highest BCUT2D eigenvalue weighted by atomic mass is 16.5. The lowest BCUT2D eigenvalue weighted by molar-refractivity contribution is -0.132. The van der Waals surface area contributed by atoms with Crippen molar-refractivity contribution in [3.05, 3.63) is 23.8 Å². The number of benzene rings is 1. The second-order valence-corrected chi connectivity index (χ2v) is 5.59. The molecule has 7 nitrogen and oxygen atoms in total. The number of fused-ring (bicyclic) bond motifs is 1. The summed E-state index contributed by atoms with van der Waals surface area (Å²) in [5.74, 6) is -0.453. The van der Waals surface area contributed by atoms with Gasteiger partial charge in [0, 0.05) is 12.1 Å². The normalized spacial score (nSPS) is 15.8. The van der Waals surface area contributed by atoms with Crippen molar-refractivity contribution in [3.63, 3.8) is 0 Å². The Hall–Kier alpha value is -2.57. The molecule has 1 aliphatic heterocycles. The first kappa shape index (κ1) is 15.8. The van der Waals surface area contributed by atoms with Crippen LogP contribution in [0.25, 0.3) is 0 Å². The average molecular weight is 304 g/mol. The molecule has 0 saturated heterocycles. The Labute approximate surface area is 128 Å². The van der Waals surface area contributed by atoms with E-state index in [9.17, 15) is 9.59 Å². The topological polar surface area (TPSA) is 111 Å². The van der Waals surface area contributed by atoms with E-state index in [2.05, 4.69) is 4.99 Å². The molecule has 1 aromatic rings. The average Bonchev–Trinajstić information content (AvgIpc) is 2.42. The van der Waals surface area contributed by atoms with Crippen LogP contribution in [-0.4, -0.2) is 29.9 Å². The van der Waals surface area contributed by atoms with Gasteiger partial charge in [0.1, 0.15) is 5.75 Å². The molecule has 0 fully saturated rings. The molecule has 0 atom stereocenters. The van der Waals surface area contributed by atoms with Crippen LogP contribution in [0.4, 0.5) is 5.69 Å². The maximum atomic E-state index is 12.5. The van der Waals surface area contributed by atoms with E-state index in [1.54, 1.807) is 36.9 Å². The van der Waals surface area contributed by atoms with E-state index in [-0.39, 0.29) is 11.9 Å². The Morgan fingerprint density at radius 2 is 2.05 bits per heavy atom. The summed E-state index contributed by atoms with van der Waals surface area (Å²) in [7, 11) is 0. The van der Waals surface area contributed by atoms with E-state index in [4.69, 9.17) is 16.2 Å². The third kappa shape index (κ3) is 2.88. The van der Waals surface area contributed by atoms with Gasteiger partial charge >= 0.3 is 0 Å². The van der Waals surface area contributed by atoms with Crippen LogP contribution in [0.5, 0.6) is 5.75 Å². The van der Waals surface area contributed by atoms with Crippen LogP contribution in [0.2, 0.25) is 0 Å². The Morgan fingerprint density at radius 1 is 1.36 bits per heavy atom. The third-order valence-electron chi connectivity index (χ3n) is 3.30. The largest absolute Gasteiger partial charge is 0.476 e. The van der Waals surface area contributed by atoms with Crippen LogP contribution >= 0.6 is 0 Å². The Bertz CT molecular complexity index is 648. The zero-order valence-corrected chi connectivity index (χ0v) is 12.9. The summed E-state index contributed by atoms with van der Waals surface area (Å²) in [5, 5.41) is 0. The summed E-state index contributed by atoms with van der Waals surface area (Å²) in [6, 6.07) is 4.80. The molecule has 2 amide bonds. The predicted octanol–water partition coefficient (Wildman–Crippen LogP) is 1.01. The van der Waals surface area contributed by atoms with E-state index in [0.29, 0.717) is 23.5 Å². The smallest absolute Gasteiger partial charge is 0.280 e. The molecule has 0 spiro atoms. The number of anilines is 1. The standard InChI is InChI=1S/C15H20N4O3/c1-4-7-19-10-8-9(12(20)18-14(16)17)5-6-11(10)22-15(2,3)13(19)21/h5-6,8H,4,7H2,1-3H3,(H4,16,17,18,20). The van der Waals surface area contributed by atoms with Gasteiger partial charge in [-0.3, -0.25) is 9.59 Å². The summed E-state index contributed by atoms with van der Waals surface area (Å²) in [6.45, 7) is 5.96. The summed E-state index contributed by atoms with van der Waals surface area (Å²) in [5.41, 5.74) is 10.4. The highest BCUT2D eigenvalue weighted by Gasteiger charge is 2.40. The molecule has 118 valence electrons. The van der Waals surface area contributed by atoms with Gasteiger partial charge in [0.25, 0.3) is 11.8 Å². The summed E-state index contributed by atoms with van der Waals surface area (Å²) in [4.78, 5) is 29.6. The number of hydrogen-bond donors (Lipinski definition) is 2. The minimum Gasteiger partial charge on any atom is -0.476 e. The minimum atomic E-state index is -0.937. The van der Waals surface area contributed by atoms with E-state index in [1.807, 2.05) is 6.92 Å². The van der Waals surface area contributed by atoms with E-state index < -0.39 is 11.5 Å². The van der Waals surface area contributed by atoms with Gasteiger partial charge < -0.3 is 21.1 Å². The molecule has 4 N–H and O–H groups in total. The lowest BCUT2D eigenvalue weighted by Crippen LogP contribution is -2.52. The summed E-state index contributed by atoms with van der Waals surface area (Å²) >= 11 is 0. The number of guanidine groups is 1. The van der Waals surface area contributed by atoms with Crippen molar-refractivity contribution in [3.8, 4) is 5.75 Å². The first-order valence-corrected chi connectivity index (χ1v) is 7.05. The van der Waals surface area contributed by atoms with Crippen molar-refractivity contribution >= 4 is 23.5 Å². The van der Waals surface area contributed by atoms with Crippen molar-refractivity contribution < 1.29 is 14.3 Å². The molecule has 0 unspecified atom stereocenters. The van der Waals surface area contributed by atoms with Gasteiger partial charge in [0.15, 0.2) is 11.6 Å². The fraction of sp³-hybridized carbons (Fsp3) is 0.400. The zero-order chi connectivity index (χ0) is 16.5. The molecule has 0 radical (unpaired) electrons. The number of carbonyl (C=O) groups excluding carboxylic acids is 2. The number of hydrogen-bond acceptors (Lipinski definition) is 3. The molecular formula is C15H20N4O3. The number of rotatable bonds is 3. The monoisotopic (exact) mass is 304 g/mol. The molecule has 22 heavy (non-hydrogen) atoms. The van der Waals surface area contributed by atoms with Gasteiger partial charge in [-0.2, -0.15) is 4.99 Å². The quantitative estimate of drug-likeness (QED) is 0.639. The molecule has 2 rings (SSSR count). The molecule has 0 aliphatic carbocycles. The van der Waals surface area contributed by atoms with E-state index in [1.165, 1.54) is 0 Å². The second kappa shape index (κ2) is 5.67. The Kier molecular flexibility index (Phi) is 4.07. The lowest BCUT2D eigenvalue weighted by atomic mass is 10.0. The lowest BCUT2D eigenvalue weighted by Gasteiger charge is -2.38. The number of aliphatic imine (C=N–C) groups is 1. The van der Waals surface area contributed by atoms with E-state index >= 15 is 0 Å². The number of nitrogens with two attached hydrogens (primary N) is 2. The van der Waals surface area contributed by atoms with Gasteiger partial charge in [-0.15, -0.1) is 0 Å². The van der Waals surface area contributed by atoms with Gasteiger partial charge in [0.2, 0.25) is 0 Å². The van der Waals surface area contributed by atoms with Gasteiger partial charge in [-0.25, -0.2) is 0 Å². The maximum Gasteiger partial charge on any atom is 0.280 e. The van der Waals surface area contributed by atoms with Gasteiger partial charge in [-0.1, -0.05) is 6.92 Å². The maximum absolute atomic E-state index is 12.5. The molecule has 1 aliphatic rings. The van der Waals surface area contributed by atoms with Gasteiger partial charge in [-0.05, 0) is 38.5 Å². The predicted molar refractivity (Wildman–Crippen MR) is 83.9 cm³/mol. The minimum absolute atomic E-state index is 0.145. The summed E-state index contributed by atoms with van der Waals surface area (Å²) < 4.78 is 5.74. The number of amides is 2.